The van der Waals surface area contributed by atoms with Gasteiger partial charge < -0.3 is 15.6 Å². The van der Waals surface area contributed by atoms with Crippen molar-refractivity contribution >= 4 is 43.8 Å². The third-order valence-corrected chi connectivity index (χ3v) is 8.80. The molecule has 0 atom stereocenters. The SMILES string of the molecule is CNC(=O)c1cnc(-c2cnc3[nH]ccc3c2NC2CC(CS(=O)(=O)c3cc(C#N)ccn3)C2)s1. The van der Waals surface area contributed by atoms with E-state index in [-0.39, 0.29) is 34.2 Å². The average Bonchev–Trinajstić information content (AvgIpc) is 3.52. The number of nitrogens with one attached hydrogen (secondary N) is 3. The lowest BCUT2D eigenvalue weighted by Gasteiger charge is -2.36. The highest BCUT2D eigenvalue weighted by Gasteiger charge is 2.34. The van der Waals surface area contributed by atoms with Crippen LogP contribution < -0.4 is 10.6 Å². The van der Waals surface area contributed by atoms with E-state index in [1.54, 1.807) is 19.4 Å². The molecule has 1 aliphatic rings. The Kier molecular flexibility index (Phi) is 5.96. The van der Waals surface area contributed by atoms with E-state index in [4.69, 9.17) is 5.26 Å². The molecule has 0 saturated heterocycles. The number of fused-ring (bicyclic) bond motifs is 1. The van der Waals surface area contributed by atoms with Gasteiger partial charge in [0.05, 0.1) is 34.8 Å². The molecule has 4 heterocycles. The lowest BCUT2D eigenvalue weighted by molar-refractivity contribution is 0.0967. The first-order chi connectivity index (χ1) is 16.9. The predicted molar refractivity (Wildman–Crippen MR) is 132 cm³/mol. The van der Waals surface area contributed by atoms with Gasteiger partial charge in [0, 0.05) is 37.1 Å². The van der Waals surface area contributed by atoms with E-state index in [1.165, 1.54) is 29.7 Å². The first kappa shape index (κ1) is 22.9. The quantitative estimate of drug-likeness (QED) is 0.345. The van der Waals surface area contributed by atoms with Gasteiger partial charge in [-0.1, -0.05) is 0 Å². The number of thiazole rings is 1. The predicted octanol–water partition coefficient (Wildman–Crippen LogP) is 2.98. The maximum absolute atomic E-state index is 12.8. The third kappa shape index (κ3) is 4.48. The Hall–Kier alpha value is -3.82. The number of carbonyl (C=O) groups is 1. The number of pyridine rings is 2. The summed E-state index contributed by atoms with van der Waals surface area (Å²) in [4.78, 5) is 28.5. The highest BCUT2D eigenvalue weighted by Crippen LogP contribution is 2.39. The van der Waals surface area contributed by atoms with Crippen molar-refractivity contribution in [3.05, 3.63) is 53.4 Å². The van der Waals surface area contributed by atoms with Crippen LogP contribution in [0.2, 0.25) is 0 Å². The number of aromatic nitrogens is 4. The Bertz CT molecular complexity index is 1560. The van der Waals surface area contributed by atoms with Gasteiger partial charge in [-0.15, -0.1) is 11.3 Å². The standard InChI is InChI=1S/C23H21N7O3S2/c1-25-22(31)18-11-29-23(34-18)17-10-28-21-16(3-5-27-21)20(17)30-15-6-14(7-15)12-35(32,33)19-8-13(9-24)2-4-26-19/h2-5,8,10-11,14-15H,6-7,12H2,1H3,(H,25,31)(H2,27,28,30). The van der Waals surface area contributed by atoms with Crippen LogP contribution in [-0.2, 0) is 9.84 Å². The fraction of sp³-hybridized carbons (Fsp3) is 0.261. The minimum absolute atomic E-state index is 0.0161. The molecule has 0 aromatic carbocycles. The van der Waals surface area contributed by atoms with Gasteiger partial charge in [-0.25, -0.2) is 23.4 Å². The van der Waals surface area contributed by atoms with Crippen LogP contribution >= 0.6 is 11.3 Å². The summed E-state index contributed by atoms with van der Waals surface area (Å²) in [6, 6.07) is 6.75. The van der Waals surface area contributed by atoms with Gasteiger partial charge in [-0.05, 0) is 37.0 Å². The van der Waals surface area contributed by atoms with Crippen molar-refractivity contribution in [2.75, 3.05) is 18.1 Å². The van der Waals surface area contributed by atoms with Crippen molar-refractivity contribution in [3.8, 4) is 16.6 Å². The Morgan fingerprint density at radius 2 is 2.09 bits per heavy atom. The Labute approximate surface area is 205 Å². The van der Waals surface area contributed by atoms with Crippen LogP contribution in [0.15, 0.2) is 48.0 Å². The minimum atomic E-state index is -3.59. The topological polar surface area (TPSA) is 154 Å². The summed E-state index contributed by atoms with van der Waals surface area (Å²) >= 11 is 1.28. The molecule has 3 N–H and O–H groups in total. The fourth-order valence-electron chi connectivity index (χ4n) is 4.19. The monoisotopic (exact) mass is 507 g/mol. The second-order valence-electron chi connectivity index (χ2n) is 8.35. The number of rotatable bonds is 7. The highest BCUT2D eigenvalue weighted by atomic mass is 32.2. The molecule has 4 aromatic heterocycles. The van der Waals surface area contributed by atoms with Crippen molar-refractivity contribution in [1.29, 1.82) is 5.26 Å². The van der Waals surface area contributed by atoms with Crippen molar-refractivity contribution in [3.63, 3.8) is 0 Å². The summed E-state index contributed by atoms with van der Waals surface area (Å²) < 4.78 is 25.6. The molecule has 1 amide bonds. The van der Waals surface area contributed by atoms with Gasteiger partial charge >= 0.3 is 0 Å². The van der Waals surface area contributed by atoms with Crippen LogP contribution in [0.1, 0.15) is 28.1 Å². The Morgan fingerprint density at radius 3 is 2.86 bits per heavy atom. The number of hydrogen-bond acceptors (Lipinski definition) is 9. The summed E-state index contributed by atoms with van der Waals surface area (Å²) in [5, 5.41) is 16.7. The van der Waals surface area contributed by atoms with Gasteiger partial charge in [-0.3, -0.25) is 4.79 Å². The van der Waals surface area contributed by atoms with E-state index in [0.717, 1.165) is 22.3 Å². The first-order valence-electron chi connectivity index (χ1n) is 10.9. The molecule has 0 unspecified atom stereocenters. The molecule has 0 bridgehead atoms. The molecular weight excluding hydrogens is 486 g/mol. The van der Waals surface area contributed by atoms with Crippen molar-refractivity contribution in [2.45, 2.75) is 23.9 Å². The second-order valence-corrected chi connectivity index (χ2v) is 11.4. The number of hydrogen-bond donors (Lipinski definition) is 3. The highest BCUT2D eigenvalue weighted by molar-refractivity contribution is 7.91. The molecule has 0 spiro atoms. The maximum Gasteiger partial charge on any atom is 0.262 e. The first-order valence-corrected chi connectivity index (χ1v) is 13.3. The van der Waals surface area contributed by atoms with Gasteiger partial charge in [0.15, 0.2) is 14.9 Å². The van der Waals surface area contributed by atoms with E-state index in [2.05, 4.69) is 30.6 Å². The van der Waals surface area contributed by atoms with E-state index in [0.29, 0.717) is 22.7 Å². The van der Waals surface area contributed by atoms with E-state index >= 15 is 0 Å². The van der Waals surface area contributed by atoms with Crippen LogP contribution in [0.25, 0.3) is 21.6 Å². The van der Waals surface area contributed by atoms with Gasteiger partial charge in [-0.2, -0.15) is 5.26 Å². The molecule has 35 heavy (non-hydrogen) atoms. The maximum atomic E-state index is 12.8. The Morgan fingerprint density at radius 1 is 1.26 bits per heavy atom. The fourth-order valence-corrected chi connectivity index (χ4v) is 6.66. The van der Waals surface area contributed by atoms with Crippen LogP contribution in [0.3, 0.4) is 0 Å². The summed E-state index contributed by atoms with van der Waals surface area (Å²) in [6.45, 7) is 0. The third-order valence-electron chi connectivity index (χ3n) is 6.00. The van der Waals surface area contributed by atoms with E-state index < -0.39 is 9.84 Å². The number of sulfone groups is 1. The van der Waals surface area contributed by atoms with Crippen LogP contribution in [-0.4, -0.2) is 53.1 Å². The normalized spacial score (nSPS) is 17.5. The number of H-pyrrole nitrogens is 1. The zero-order valence-corrected chi connectivity index (χ0v) is 20.3. The molecular formula is C23H21N7O3S2. The molecule has 1 saturated carbocycles. The van der Waals surface area contributed by atoms with Crippen molar-refractivity contribution in [1.82, 2.24) is 25.3 Å². The second kappa shape index (κ2) is 9.09. The molecule has 5 rings (SSSR count). The van der Waals surface area contributed by atoms with Gasteiger partial charge in [0.1, 0.15) is 15.5 Å². The molecule has 4 aromatic rings. The number of anilines is 1. The van der Waals surface area contributed by atoms with Crippen LogP contribution in [0.5, 0.6) is 0 Å². The number of carbonyl (C=O) groups excluding carboxylic acids is 1. The molecule has 12 heteroatoms. The summed E-state index contributed by atoms with van der Waals surface area (Å²) in [5.41, 5.74) is 2.63. The smallest absolute Gasteiger partial charge is 0.262 e. The minimum Gasteiger partial charge on any atom is -0.381 e. The van der Waals surface area contributed by atoms with Crippen LogP contribution in [0.4, 0.5) is 5.69 Å². The zero-order chi connectivity index (χ0) is 24.6. The van der Waals surface area contributed by atoms with Gasteiger partial charge in [0.2, 0.25) is 0 Å². The van der Waals surface area contributed by atoms with E-state index in [9.17, 15) is 13.2 Å². The zero-order valence-electron chi connectivity index (χ0n) is 18.6. The molecule has 1 fully saturated rings. The average molecular weight is 508 g/mol. The summed E-state index contributed by atoms with van der Waals surface area (Å²) in [7, 11) is -2.01. The van der Waals surface area contributed by atoms with Crippen molar-refractivity contribution < 1.29 is 13.2 Å². The molecule has 1 aliphatic carbocycles. The van der Waals surface area contributed by atoms with E-state index in [1.807, 2.05) is 18.3 Å². The summed E-state index contributed by atoms with van der Waals surface area (Å²) in [6.07, 6.45) is 7.77. The van der Waals surface area contributed by atoms with Gasteiger partial charge in [0.25, 0.3) is 5.91 Å². The molecule has 178 valence electrons. The largest absolute Gasteiger partial charge is 0.381 e. The van der Waals surface area contributed by atoms with Crippen molar-refractivity contribution in [2.24, 2.45) is 5.92 Å². The summed E-state index contributed by atoms with van der Waals surface area (Å²) in [5.74, 6) is -0.230. The molecule has 0 aliphatic heterocycles. The number of nitrogens with zero attached hydrogens (tertiary/aromatic N) is 4. The molecule has 10 nitrogen and oxygen atoms in total. The van der Waals surface area contributed by atoms with Crippen LogP contribution in [0, 0.1) is 17.2 Å². The lowest BCUT2D eigenvalue weighted by Crippen LogP contribution is -2.39. The number of nitriles is 1. The molecule has 0 radical (unpaired) electrons. The lowest BCUT2D eigenvalue weighted by atomic mass is 9.81. The number of amides is 1. The Balaban J connectivity index is 1.33. The number of aromatic amines is 1.